The molecule has 1 N–H and O–H groups in total. The van der Waals surface area contributed by atoms with Crippen LogP contribution in [0.4, 0.5) is 17.1 Å². The molecule has 3 aromatic rings. The lowest BCUT2D eigenvalue weighted by Gasteiger charge is -2.03. The van der Waals surface area contributed by atoms with Crippen LogP contribution in [0.3, 0.4) is 0 Å². The Balaban J connectivity index is 2.08. The van der Waals surface area contributed by atoms with E-state index in [4.69, 9.17) is 0 Å². The molecule has 0 unspecified atom stereocenters. The number of phenolic OH excluding ortho intramolecular Hbond substituents is 1. The standard InChI is InChI=1S/C16H11N3O3/c20-16-10-9-13(11-5-1-2-6-12(11)16)17-18-14-7-3-4-8-15(14)19(21)22/h1-10,20H. The summed E-state index contributed by atoms with van der Waals surface area (Å²) in [7, 11) is 0. The molecule has 108 valence electrons. The third-order valence-electron chi connectivity index (χ3n) is 3.22. The Kier molecular flexibility index (Phi) is 3.49. The number of phenols is 1. The normalized spacial score (nSPS) is 11.1. The van der Waals surface area contributed by atoms with Crippen molar-refractivity contribution in [3.05, 3.63) is 70.8 Å². The molecule has 3 rings (SSSR count). The van der Waals surface area contributed by atoms with E-state index in [1.54, 1.807) is 24.3 Å². The quantitative estimate of drug-likeness (QED) is 0.424. The number of benzene rings is 3. The fraction of sp³-hybridized carbons (Fsp3) is 0. The molecule has 6 heteroatoms. The van der Waals surface area contributed by atoms with E-state index in [0.717, 1.165) is 5.39 Å². The van der Waals surface area contributed by atoms with Gasteiger partial charge >= 0.3 is 0 Å². The number of hydrogen-bond acceptors (Lipinski definition) is 5. The second-order valence-corrected chi connectivity index (χ2v) is 4.60. The lowest BCUT2D eigenvalue weighted by molar-refractivity contribution is -0.384. The number of nitro benzene ring substituents is 1. The second-order valence-electron chi connectivity index (χ2n) is 4.60. The summed E-state index contributed by atoms with van der Waals surface area (Å²) in [4.78, 5) is 10.5. The van der Waals surface area contributed by atoms with Crippen molar-refractivity contribution in [3.8, 4) is 5.75 Å². The zero-order valence-corrected chi connectivity index (χ0v) is 11.4. The van der Waals surface area contributed by atoms with Crippen LogP contribution in [0.2, 0.25) is 0 Å². The van der Waals surface area contributed by atoms with Gasteiger partial charge < -0.3 is 5.11 Å². The Morgan fingerprint density at radius 3 is 2.23 bits per heavy atom. The van der Waals surface area contributed by atoms with Gasteiger partial charge in [-0.05, 0) is 18.2 Å². The van der Waals surface area contributed by atoms with Gasteiger partial charge in [0.25, 0.3) is 5.69 Å². The molecule has 0 spiro atoms. The number of nitrogens with zero attached hydrogens (tertiary/aromatic N) is 3. The predicted octanol–water partition coefficient (Wildman–Crippen LogP) is 4.87. The average molecular weight is 293 g/mol. The van der Waals surface area contributed by atoms with Crippen LogP contribution in [0, 0.1) is 10.1 Å². The molecule has 22 heavy (non-hydrogen) atoms. The topological polar surface area (TPSA) is 88.1 Å². The van der Waals surface area contributed by atoms with Crippen LogP contribution >= 0.6 is 0 Å². The number of aromatic hydroxyl groups is 1. The predicted molar refractivity (Wildman–Crippen MR) is 82.9 cm³/mol. The van der Waals surface area contributed by atoms with Crippen molar-refractivity contribution in [3.63, 3.8) is 0 Å². The highest BCUT2D eigenvalue weighted by Gasteiger charge is 2.12. The lowest BCUT2D eigenvalue weighted by atomic mass is 10.1. The fourth-order valence-corrected chi connectivity index (χ4v) is 2.17. The Labute approximate surface area is 125 Å². The molecule has 0 aromatic heterocycles. The number of fused-ring (bicyclic) bond motifs is 1. The van der Waals surface area contributed by atoms with E-state index in [0.29, 0.717) is 11.1 Å². The first kappa shape index (κ1) is 13.7. The molecule has 0 amide bonds. The minimum atomic E-state index is -0.497. The maximum atomic E-state index is 11.0. The summed E-state index contributed by atoms with van der Waals surface area (Å²) < 4.78 is 0. The van der Waals surface area contributed by atoms with Gasteiger partial charge in [-0.15, -0.1) is 10.2 Å². The van der Waals surface area contributed by atoms with Crippen LogP contribution in [-0.2, 0) is 0 Å². The minimum Gasteiger partial charge on any atom is -0.507 e. The van der Waals surface area contributed by atoms with E-state index in [9.17, 15) is 15.2 Å². The third-order valence-corrected chi connectivity index (χ3v) is 3.22. The molecule has 0 radical (unpaired) electrons. The molecule has 0 saturated heterocycles. The molecule has 0 fully saturated rings. The van der Waals surface area contributed by atoms with E-state index < -0.39 is 4.92 Å². The van der Waals surface area contributed by atoms with E-state index in [-0.39, 0.29) is 17.1 Å². The molecule has 0 aliphatic heterocycles. The Hall–Kier alpha value is -3.28. The van der Waals surface area contributed by atoms with Crippen molar-refractivity contribution in [2.45, 2.75) is 0 Å². The SMILES string of the molecule is O=[N+]([O-])c1ccccc1N=Nc1ccc(O)c2ccccc12. The van der Waals surface area contributed by atoms with Crippen LogP contribution in [0.15, 0.2) is 70.9 Å². The van der Waals surface area contributed by atoms with Gasteiger partial charge in [0, 0.05) is 16.8 Å². The van der Waals surface area contributed by atoms with Gasteiger partial charge in [-0.25, -0.2) is 0 Å². The Morgan fingerprint density at radius 2 is 1.45 bits per heavy atom. The van der Waals surface area contributed by atoms with Gasteiger partial charge in [-0.1, -0.05) is 36.4 Å². The van der Waals surface area contributed by atoms with Crippen LogP contribution < -0.4 is 0 Å². The van der Waals surface area contributed by atoms with E-state index in [2.05, 4.69) is 10.2 Å². The number of para-hydroxylation sites is 1. The second kappa shape index (κ2) is 5.61. The van der Waals surface area contributed by atoms with Crippen LogP contribution in [-0.4, -0.2) is 10.0 Å². The molecule has 0 bridgehead atoms. The summed E-state index contributed by atoms with van der Waals surface area (Å²) in [6.07, 6.45) is 0. The van der Waals surface area contributed by atoms with Gasteiger partial charge in [0.15, 0.2) is 5.69 Å². The molecule has 0 aliphatic rings. The van der Waals surface area contributed by atoms with Crippen molar-refractivity contribution >= 4 is 27.8 Å². The monoisotopic (exact) mass is 293 g/mol. The molecular formula is C16H11N3O3. The lowest BCUT2D eigenvalue weighted by Crippen LogP contribution is -1.87. The van der Waals surface area contributed by atoms with E-state index in [1.165, 1.54) is 18.2 Å². The zero-order chi connectivity index (χ0) is 15.5. The van der Waals surface area contributed by atoms with Crippen molar-refractivity contribution in [1.29, 1.82) is 0 Å². The van der Waals surface area contributed by atoms with Crippen molar-refractivity contribution in [1.82, 2.24) is 0 Å². The van der Waals surface area contributed by atoms with Gasteiger partial charge in [0.2, 0.25) is 0 Å². The molecular weight excluding hydrogens is 282 g/mol. The summed E-state index contributed by atoms with van der Waals surface area (Å²) >= 11 is 0. The highest BCUT2D eigenvalue weighted by atomic mass is 16.6. The summed E-state index contributed by atoms with van der Waals surface area (Å²) in [5, 5.41) is 30.3. The summed E-state index contributed by atoms with van der Waals surface area (Å²) in [6, 6.07) is 16.5. The van der Waals surface area contributed by atoms with Gasteiger partial charge in [-0.2, -0.15) is 0 Å². The summed E-state index contributed by atoms with van der Waals surface area (Å²) in [5.74, 6) is 0.153. The first-order chi connectivity index (χ1) is 10.7. The Morgan fingerprint density at radius 1 is 0.818 bits per heavy atom. The summed E-state index contributed by atoms with van der Waals surface area (Å²) in [5.41, 5.74) is 0.616. The maximum Gasteiger partial charge on any atom is 0.296 e. The number of nitro groups is 1. The maximum absolute atomic E-state index is 11.0. The van der Waals surface area contributed by atoms with Crippen LogP contribution in [0.25, 0.3) is 10.8 Å². The van der Waals surface area contributed by atoms with Gasteiger partial charge in [0.05, 0.1) is 10.6 Å². The fourth-order valence-electron chi connectivity index (χ4n) is 2.17. The van der Waals surface area contributed by atoms with Gasteiger partial charge in [0.1, 0.15) is 5.75 Å². The molecule has 6 nitrogen and oxygen atoms in total. The third kappa shape index (κ3) is 2.49. The first-order valence-corrected chi connectivity index (χ1v) is 6.52. The minimum absolute atomic E-state index is 0.102. The smallest absolute Gasteiger partial charge is 0.296 e. The molecule has 0 aliphatic carbocycles. The highest BCUT2D eigenvalue weighted by molar-refractivity contribution is 5.96. The van der Waals surface area contributed by atoms with Crippen molar-refractivity contribution in [2.24, 2.45) is 10.2 Å². The number of rotatable bonds is 3. The largest absolute Gasteiger partial charge is 0.507 e. The summed E-state index contributed by atoms with van der Waals surface area (Å²) in [6.45, 7) is 0. The van der Waals surface area contributed by atoms with Crippen LogP contribution in [0.5, 0.6) is 5.75 Å². The highest BCUT2D eigenvalue weighted by Crippen LogP contribution is 2.34. The molecule has 0 heterocycles. The first-order valence-electron chi connectivity index (χ1n) is 6.52. The molecule has 0 atom stereocenters. The Bertz CT molecular complexity index is 891. The molecule has 0 saturated carbocycles. The number of hydrogen-bond donors (Lipinski definition) is 1. The van der Waals surface area contributed by atoms with E-state index in [1.807, 2.05) is 18.2 Å². The van der Waals surface area contributed by atoms with Crippen LogP contribution in [0.1, 0.15) is 0 Å². The number of azo groups is 1. The van der Waals surface area contributed by atoms with Crippen molar-refractivity contribution in [2.75, 3.05) is 0 Å². The average Bonchev–Trinajstić information content (AvgIpc) is 2.55. The van der Waals surface area contributed by atoms with E-state index >= 15 is 0 Å². The van der Waals surface area contributed by atoms with Gasteiger partial charge in [-0.3, -0.25) is 10.1 Å². The molecule has 3 aromatic carbocycles. The van der Waals surface area contributed by atoms with Crippen molar-refractivity contribution < 1.29 is 10.0 Å². The zero-order valence-electron chi connectivity index (χ0n) is 11.4.